The number of hydrogen-bond acceptors (Lipinski definition) is 2. The Morgan fingerprint density at radius 2 is 1.85 bits per heavy atom. The van der Waals surface area contributed by atoms with Crippen LogP contribution in [0.5, 0.6) is 5.75 Å². The molecule has 1 aliphatic carbocycles. The van der Waals surface area contributed by atoms with Crippen molar-refractivity contribution in [2.75, 3.05) is 20.7 Å². The van der Waals surface area contributed by atoms with Gasteiger partial charge in [0.2, 0.25) is 0 Å². The van der Waals surface area contributed by atoms with E-state index in [1.165, 1.54) is 54.1 Å². The van der Waals surface area contributed by atoms with Crippen LogP contribution < -0.4 is 4.74 Å². The number of hydrogen-bond donors (Lipinski definition) is 0. The fourth-order valence-electron chi connectivity index (χ4n) is 4.44. The summed E-state index contributed by atoms with van der Waals surface area (Å²) in [7, 11) is 4.02. The second-order valence-electron chi connectivity index (χ2n) is 7.76. The largest absolute Gasteiger partial charge is 0.497 e. The van der Waals surface area contributed by atoms with Crippen molar-refractivity contribution in [2.45, 2.75) is 44.7 Å². The Labute approximate surface area is 162 Å². The monoisotopic (exact) mass is 362 g/mol. The van der Waals surface area contributed by atoms with Crippen LogP contribution in [0.25, 0.3) is 22.0 Å². The van der Waals surface area contributed by atoms with Gasteiger partial charge in [0.25, 0.3) is 0 Å². The molecule has 0 atom stereocenters. The maximum Gasteiger partial charge on any atom is 0.119 e. The number of nitrogens with zero attached hydrogens (tertiary/aromatic N) is 2. The van der Waals surface area contributed by atoms with Crippen molar-refractivity contribution < 1.29 is 4.74 Å². The van der Waals surface area contributed by atoms with E-state index in [0.29, 0.717) is 0 Å². The van der Waals surface area contributed by atoms with Crippen molar-refractivity contribution in [1.82, 2.24) is 9.47 Å². The number of likely N-dealkylation sites (N-methyl/N-ethyl adjacent to an activating group) is 1. The van der Waals surface area contributed by atoms with E-state index < -0.39 is 0 Å². The highest BCUT2D eigenvalue weighted by Gasteiger charge is 2.18. The maximum absolute atomic E-state index is 5.43. The van der Waals surface area contributed by atoms with Crippen LogP contribution in [0.4, 0.5) is 0 Å². The SMILES string of the molecule is COc1cccc(-c2cccc3ccn(CCN(C)C4CCCCC4)c23)c1. The van der Waals surface area contributed by atoms with Gasteiger partial charge in [0, 0.05) is 36.3 Å². The molecule has 0 unspecified atom stereocenters. The predicted molar refractivity (Wildman–Crippen MR) is 113 cm³/mol. The van der Waals surface area contributed by atoms with Gasteiger partial charge in [0.15, 0.2) is 0 Å². The molecule has 1 saturated carbocycles. The molecule has 4 rings (SSSR count). The molecule has 0 amide bonds. The lowest BCUT2D eigenvalue weighted by atomic mass is 9.94. The maximum atomic E-state index is 5.43. The highest BCUT2D eigenvalue weighted by molar-refractivity contribution is 5.95. The molecule has 27 heavy (non-hydrogen) atoms. The van der Waals surface area contributed by atoms with Crippen LogP contribution in [-0.2, 0) is 6.54 Å². The third-order valence-electron chi connectivity index (χ3n) is 6.06. The van der Waals surface area contributed by atoms with Gasteiger partial charge in [-0.2, -0.15) is 0 Å². The first-order valence-electron chi connectivity index (χ1n) is 10.2. The molecule has 1 heterocycles. The smallest absolute Gasteiger partial charge is 0.119 e. The van der Waals surface area contributed by atoms with Gasteiger partial charge < -0.3 is 14.2 Å². The van der Waals surface area contributed by atoms with Crippen LogP contribution in [0.15, 0.2) is 54.7 Å². The van der Waals surface area contributed by atoms with Gasteiger partial charge in [-0.3, -0.25) is 0 Å². The zero-order valence-corrected chi connectivity index (χ0v) is 16.5. The molecule has 0 saturated heterocycles. The van der Waals surface area contributed by atoms with Gasteiger partial charge in [0.1, 0.15) is 5.75 Å². The summed E-state index contributed by atoms with van der Waals surface area (Å²) < 4.78 is 7.85. The summed E-state index contributed by atoms with van der Waals surface area (Å²) >= 11 is 0. The van der Waals surface area contributed by atoms with Crippen LogP contribution >= 0.6 is 0 Å². The highest BCUT2D eigenvalue weighted by Crippen LogP contribution is 2.31. The normalized spacial score (nSPS) is 15.5. The molecular weight excluding hydrogens is 332 g/mol. The quantitative estimate of drug-likeness (QED) is 0.569. The Morgan fingerprint density at radius 3 is 2.67 bits per heavy atom. The summed E-state index contributed by atoms with van der Waals surface area (Å²) in [5.41, 5.74) is 3.81. The second-order valence-corrected chi connectivity index (χ2v) is 7.76. The molecule has 1 fully saturated rings. The number of rotatable bonds is 6. The Bertz CT molecular complexity index is 892. The molecule has 1 aliphatic rings. The number of fused-ring (bicyclic) bond motifs is 1. The molecule has 3 nitrogen and oxygen atoms in total. The lowest BCUT2D eigenvalue weighted by Gasteiger charge is -2.31. The van der Waals surface area contributed by atoms with Gasteiger partial charge in [-0.15, -0.1) is 0 Å². The number of aromatic nitrogens is 1. The number of benzene rings is 2. The van der Waals surface area contributed by atoms with E-state index in [1.54, 1.807) is 7.11 Å². The topological polar surface area (TPSA) is 17.4 Å². The molecule has 0 bridgehead atoms. The highest BCUT2D eigenvalue weighted by atomic mass is 16.5. The molecule has 3 aromatic rings. The summed E-state index contributed by atoms with van der Waals surface area (Å²) in [6.07, 6.45) is 9.15. The molecule has 0 spiro atoms. The van der Waals surface area contributed by atoms with Crippen molar-refractivity contribution in [3.8, 4) is 16.9 Å². The van der Waals surface area contributed by atoms with Gasteiger partial charge in [-0.05, 0) is 43.7 Å². The van der Waals surface area contributed by atoms with E-state index in [1.807, 2.05) is 6.07 Å². The molecule has 0 radical (unpaired) electrons. The van der Waals surface area contributed by atoms with Crippen LogP contribution in [0.3, 0.4) is 0 Å². The van der Waals surface area contributed by atoms with Crippen molar-refractivity contribution in [3.05, 3.63) is 54.7 Å². The first-order valence-corrected chi connectivity index (χ1v) is 10.2. The zero-order valence-electron chi connectivity index (χ0n) is 16.5. The van der Waals surface area contributed by atoms with Gasteiger partial charge in [-0.1, -0.05) is 49.6 Å². The molecule has 3 heteroatoms. The Balaban J connectivity index is 1.60. The van der Waals surface area contributed by atoms with Crippen molar-refractivity contribution >= 4 is 10.9 Å². The Morgan fingerprint density at radius 1 is 1.04 bits per heavy atom. The Hall–Kier alpha value is -2.26. The van der Waals surface area contributed by atoms with E-state index in [9.17, 15) is 0 Å². The average Bonchev–Trinajstić information content (AvgIpc) is 3.16. The van der Waals surface area contributed by atoms with E-state index in [0.717, 1.165) is 24.9 Å². The number of ether oxygens (including phenoxy) is 1. The molecule has 0 aliphatic heterocycles. The molecule has 1 aromatic heterocycles. The van der Waals surface area contributed by atoms with E-state index in [-0.39, 0.29) is 0 Å². The van der Waals surface area contributed by atoms with Crippen LogP contribution in [0.2, 0.25) is 0 Å². The summed E-state index contributed by atoms with van der Waals surface area (Å²) in [4.78, 5) is 2.57. The molecular formula is C24H30N2O. The van der Waals surface area contributed by atoms with Crippen molar-refractivity contribution in [1.29, 1.82) is 0 Å². The van der Waals surface area contributed by atoms with E-state index in [2.05, 4.69) is 65.2 Å². The minimum atomic E-state index is 0.762. The Kier molecular flexibility index (Phi) is 5.49. The van der Waals surface area contributed by atoms with E-state index in [4.69, 9.17) is 4.74 Å². The fraction of sp³-hybridized carbons (Fsp3) is 0.417. The van der Waals surface area contributed by atoms with Crippen molar-refractivity contribution in [3.63, 3.8) is 0 Å². The fourth-order valence-corrected chi connectivity index (χ4v) is 4.44. The average molecular weight is 363 g/mol. The standard InChI is InChI=1S/C24H30N2O/c1-25(21-10-4-3-5-11-21)16-17-26-15-14-19-8-7-13-23(24(19)26)20-9-6-12-22(18-20)27-2/h6-9,12-15,18,21H,3-5,10-11,16-17H2,1-2H3. The lowest BCUT2D eigenvalue weighted by molar-refractivity contribution is 0.186. The van der Waals surface area contributed by atoms with E-state index >= 15 is 0 Å². The van der Waals surface area contributed by atoms with Gasteiger partial charge in [-0.25, -0.2) is 0 Å². The first-order chi connectivity index (χ1) is 13.3. The van der Waals surface area contributed by atoms with Crippen LogP contribution in [-0.4, -0.2) is 36.2 Å². The lowest BCUT2D eigenvalue weighted by Crippen LogP contribution is -2.35. The predicted octanol–water partition coefficient (Wildman–Crippen LogP) is 5.58. The van der Waals surface area contributed by atoms with Crippen LogP contribution in [0.1, 0.15) is 32.1 Å². The summed E-state index contributed by atoms with van der Waals surface area (Å²) in [5, 5.41) is 1.30. The first kappa shape index (κ1) is 18.1. The second kappa shape index (κ2) is 8.18. The number of methoxy groups -OCH3 is 1. The van der Waals surface area contributed by atoms with Gasteiger partial charge >= 0.3 is 0 Å². The van der Waals surface area contributed by atoms with Gasteiger partial charge in [0.05, 0.1) is 12.6 Å². The third kappa shape index (κ3) is 3.89. The van der Waals surface area contributed by atoms with Crippen LogP contribution in [0, 0.1) is 0 Å². The molecule has 2 aromatic carbocycles. The molecule has 0 N–H and O–H groups in total. The molecule has 142 valence electrons. The zero-order chi connectivity index (χ0) is 18.6. The third-order valence-corrected chi connectivity index (χ3v) is 6.06. The summed E-state index contributed by atoms with van der Waals surface area (Å²) in [6.45, 7) is 2.12. The number of para-hydroxylation sites is 1. The summed E-state index contributed by atoms with van der Waals surface area (Å²) in [6, 6.07) is 17.9. The minimum Gasteiger partial charge on any atom is -0.497 e. The minimum absolute atomic E-state index is 0.762. The van der Waals surface area contributed by atoms with Crippen molar-refractivity contribution in [2.24, 2.45) is 0 Å². The summed E-state index contributed by atoms with van der Waals surface area (Å²) in [5.74, 6) is 0.902.